The molecule has 0 fully saturated rings. The highest BCUT2D eigenvalue weighted by Crippen LogP contribution is 2.34. The van der Waals surface area contributed by atoms with Crippen LogP contribution < -0.4 is 15.3 Å². The molecule has 0 aliphatic carbocycles. The van der Waals surface area contributed by atoms with Crippen molar-refractivity contribution in [1.29, 1.82) is 0 Å². The molecule has 0 radical (unpaired) electrons. The summed E-state index contributed by atoms with van der Waals surface area (Å²) in [4.78, 5) is 0. The second kappa shape index (κ2) is 3.57. The lowest BCUT2D eigenvalue weighted by Crippen LogP contribution is -2.18. The molecule has 0 amide bonds. The van der Waals surface area contributed by atoms with Crippen LogP contribution in [-0.4, -0.2) is 19.4 Å². The number of methoxy groups -OCH3 is 1. The molecule has 0 unspecified atom stereocenters. The molecule has 74 valence electrons. The summed E-state index contributed by atoms with van der Waals surface area (Å²) in [5.41, 5.74) is 1.79. The van der Waals surface area contributed by atoms with E-state index in [1.807, 2.05) is 18.2 Å². The Bertz CT molecular complexity index is 374. The van der Waals surface area contributed by atoms with E-state index in [-0.39, 0.29) is 0 Å². The molecule has 1 aromatic rings. The zero-order valence-electron chi connectivity index (χ0n) is 7.99. The van der Waals surface area contributed by atoms with Crippen LogP contribution in [0.15, 0.2) is 23.3 Å². The first kappa shape index (κ1) is 8.87. The highest BCUT2D eigenvalue weighted by Gasteiger charge is 2.19. The van der Waals surface area contributed by atoms with Crippen LogP contribution in [0.25, 0.3) is 0 Å². The van der Waals surface area contributed by atoms with Gasteiger partial charge in [-0.2, -0.15) is 5.10 Å². The third-order valence-corrected chi connectivity index (χ3v) is 2.25. The number of fused-ring (bicyclic) bond motifs is 1. The average molecular weight is 192 g/mol. The number of nitrogens with zero attached hydrogens (tertiary/aromatic N) is 1. The first-order valence-corrected chi connectivity index (χ1v) is 4.43. The highest BCUT2D eigenvalue weighted by atomic mass is 16.5. The number of hydrogen-bond donors (Lipinski definition) is 1. The number of nitrogens with two attached hydrogens (primary N) is 1. The van der Waals surface area contributed by atoms with Crippen LogP contribution in [0.3, 0.4) is 0 Å². The van der Waals surface area contributed by atoms with Crippen molar-refractivity contribution in [3.63, 3.8) is 0 Å². The molecule has 1 aliphatic heterocycles. The predicted octanol–water partition coefficient (Wildman–Crippen LogP) is 1.14. The van der Waals surface area contributed by atoms with Gasteiger partial charge in [0, 0.05) is 12.0 Å². The monoisotopic (exact) mass is 192 g/mol. The Hall–Kier alpha value is -1.71. The Balaban J connectivity index is 2.55. The maximum Gasteiger partial charge on any atom is 0.170 e. The van der Waals surface area contributed by atoms with Gasteiger partial charge in [0.2, 0.25) is 0 Å². The van der Waals surface area contributed by atoms with Crippen LogP contribution in [0, 0.1) is 0 Å². The van der Waals surface area contributed by atoms with Crippen molar-refractivity contribution in [3.05, 3.63) is 23.8 Å². The summed E-state index contributed by atoms with van der Waals surface area (Å²) in [5, 5.41) is 3.75. The Kier molecular flexibility index (Phi) is 2.26. The summed E-state index contributed by atoms with van der Waals surface area (Å²) < 4.78 is 10.7. The van der Waals surface area contributed by atoms with E-state index in [1.165, 1.54) is 0 Å². The van der Waals surface area contributed by atoms with Gasteiger partial charge in [-0.15, -0.1) is 0 Å². The molecule has 2 N–H and O–H groups in total. The fourth-order valence-electron chi connectivity index (χ4n) is 1.57. The molecule has 4 heteroatoms. The molecule has 0 spiro atoms. The number of para-hydroxylation sites is 1. The van der Waals surface area contributed by atoms with Gasteiger partial charge in [0.25, 0.3) is 0 Å². The fourth-order valence-corrected chi connectivity index (χ4v) is 1.57. The standard InChI is InChI=1S/C10H12N2O2/c1-13-9-4-2-3-7-8(12-11)5-6-14-10(7)9/h2-4H,5-6,11H2,1H3/b12-8+. The quantitative estimate of drug-likeness (QED) is 0.536. The second-order valence-corrected chi connectivity index (χ2v) is 3.01. The van der Waals surface area contributed by atoms with E-state index >= 15 is 0 Å². The lowest BCUT2D eigenvalue weighted by atomic mass is 10.0. The fraction of sp³-hybridized carbons (Fsp3) is 0.300. The van der Waals surface area contributed by atoms with Crippen molar-refractivity contribution in [1.82, 2.24) is 0 Å². The Morgan fingerprint density at radius 1 is 1.50 bits per heavy atom. The normalized spacial score (nSPS) is 17.4. The predicted molar refractivity (Wildman–Crippen MR) is 53.8 cm³/mol. The summed E-state index contributed by atoms with van der Waals surface area (Å²) in [6, 6.07) is 5.69. The maximum atomic E-state index is 5.52. The largest absolute Gasteiger partial charge is 0.493 e. The van der Waals surface area contributed by atoms with Gasteiger partial charge < -0.3 is 15.3 Å². The molecule has 1 aliphatic rings. The number of hydrazone groups is 1. The van der Waals surface area contributed by atoms with Crippen LogP contribution in [0.5, 0.6) is 11.5 Å². The number of ether oxygens (including phenoxy) is 2. The molecule has 0 aromatic heterocycles. The maximum absolute atomic E-state index is 5.52. The third-order valence-electron chi connectivity index (χ3n) is 2.25. The van der Waals surface area contributed by atoms with E-state index in [2.05, 4.69) is 5.10 Å². The van der Waals surface area contributed by atoms with E-state index in [4.69, 9.17) is 15.3 Å². The summed E-state index contributed by atoms with van der Waals surface area (Å²) in [5.74, 6) is 6.77. The van der Waals surface area contributed by atoms with Crippen molar-refractivity contribution in [3.8, 4) is 11.5 Å². The molecule has 0 atom stereocenters. The second-order valence-electron chi connectivity index (χ2n) is 3.01. The number of benzene rings is 1. The lowest BCUT2D eigenvalue weighted by molar-refractivity contribution is 0.295. The van der Waals surface area contributed by atoms with Gasteiger partial charge in [-0.1, -0.05) is 6.07 Å². The Labute approximate surface area is 82.3 Å². The van der Waals surface area contributed by atoms with E-state index in [0.29, 0.717) is 6.61 Å². The SMILES string of the molecule is COc1cccc2c1OCC/C2=N\N. The summed E-state index contributed by atoms with van der Waals surface area (Å²) in [6.07, 6.45) is 0.747. The van der Waals surface area contributed by atoms with Crippen molar-refractivity contribution < 1.29 is 9.47 Å². The molecule has 0 saturated carbocycles. The summed E-state index contributed by atoms with van der Waals surface area (Å²) in [7, 11) is 1.62. The minimum Gasteiger partial charge on any atom is -0.493 e. The molecular formula is C10H12N2O2. The van der Waals surface area contributed by atoms with E-state index in [0.717, 1.165) is 29.2 Å². The smallest absolute Gasteiger partial charge is 0.170 e. The zero-order chi connectivity index (χ0) is 9.97. The highest BCUT2D eigenvalue weighted by molar-refractivity contribution is 6.04. The van der Waals surface area contributed by atoms with Crippen molar-refractivity contribution in [2.24, 2.45) is 10.9 Å². The zero-order valence-corrected chi connectivity index (χ0v) is 7.99. The van der Waals surface area contributed by atoms with Gasteiger partial charge in [0.15, 0.2) is 11.5 Å². The van der Waals surface area contributed by atoms with E-state index < -0.39 is 0 Å². The number of rotatable bonds is 1. The lowest BCUT2D eigenvalue weighted by Gasteiger charge is -2.20. The van der Waals surface area contributed by atoms with Crippen LogP contribution in [0.1, 0.15) is 12.0 Å². The van der Waals surface area contributed by atoms with Crippen LogP contribution in [0.2, 0.25) is 0 Å². The van der Waals surface area contributed by atoms with Crippen molar-refractivity contribution in [2.75, 3.05) is 13.7 Å². The van der Waals surface area contributed by atoms with Crippen LogP contribution >= 0.6 is 0 Å². The minimum absolute atomic E-state index is 0.601. The third kappa shape index (κ3) is 1.28. The van der Waals surface area contributed by atoms with Crippen molar-refractivity contribution >= 4 is 5.71 Å². The molecule has 14 heavy (non-hydrogen) atoms. The van der Waals surface area contributed by atoms with E-state index in [1.54, 1.807) is 7.11 Å². The van der Waals surface area contributed by atoms with Gasteiger partial charge in [-0.05, 0) is 12.1 Å². The average Bonchev–Trinajstić information content (AvgIpc) is 2.27. The van der Waals surface area contributed by atoms with Gasteiger partial charge in [-0.3, -0.25) is 0 Å². The summed E-state index contributed by atoms with van der Waals surface area (Å²) in [6.45, 7) is 0.601. The van der Waals surface area contributed by atoms with Gasteiger partial charge >= 0.3 is 0 Å². The molecule has 2 rings (SSSR count). The summed E-state index contributed by atoms with van der Waals surface area (Å²) >= 11 is 0. The topological polar surface area (TPSA) is 56.8 Å². The van der Waals surface area contributed by atoms with E-state index in [9.17, 15) is 0 Å². The van der Waals surface area contributed by atoms with Crippen molar-refractivity contribution in [2.45, 2.75) is 6.42 Å². The Morgan fingerprint density at radius 3 is 3.07 bits per heavy atom. The van der Waals surface area contributed by atoms with Crippen LogP contribution in [0.4, 0.5) is 0 Å². The van der Waals surface area contributed by atoms with Gasteiger partial charge in [0.05, 0.1) is 19.4 Å². The first-order valence-electron chi connectivity index (χ1n) is 4.43. The minimum atomic E-state index is 0.601. The Morgan fingerprint density at radius 2 is 2.36 bits per heavy atom. The molecule has 0 bridgehead atoms. The van der Waals surface area contributed by atoms with Gasteiger partial charge in [-0.25, -0.2) is 0 Å². The first-order chi connectivity index (χ1) is 6.86. The molecular weight excluding hydrogens is 180 g/mol. The molecule has 1 aromatic carbocycles. The van der Waals surface area contributed by atoms with Crippen LogP contribution in [-0.2, 0) is 0 Å². The molecule has 0 saturated heterocycles. The molecule has 1 heterocycles. The van der Waals surface area contributed by atoms with Gasteiger partial charge in [0.1, 0.15) is 0 Å². The molecule has 4 nitrogen and oxygen atoms in total. The number of hydrogen-bond acceptors (Lipinski definition) is 4.